The van der Waals surface area contributed by atoms with Crippen molar-refractivity contribution in [2.75, 3.05) is 29.0 Å². The summed E-state index contributed by atoms with van der Waals surface area (Å²) in [7, 11) is 0. The van der Waals surface area contributed by atoms with E-state index in [0.717, 1.165) is 19.4 Å². The van der Waals surface area contributed by atoms with Gasteiger partial charge in [0.15, 0.2) is 11.6 Å². The number of hydrogen-bond donors (Lipinski definition) is 2. The van der Waals surface area contributed by atoms with E-state index in [1.807, 2.05) is 0 Å². The van der Waals surface area contributed by atoms with Crippen molar-refractivity contribution in [1.82, 2.24) is 29.8 Å². The molecule has 1 atom stereocenters. The van der Waals surface area contributed by atoms with Crippen molar-refractivity contribution >= 4 is 64.4 Å². The van der Waals surface area contributed by atoms with Gasteiger partial charge in [0.2, 0.25) is 11.5 Å². The van der Waals surface area contributed by atoms with E-state index < -0.39 is 4.92 Å². The number of fused-ring (bicyclic) bond motifs is 1. The van der Waals surface area contributed by atoms with Crippen LogP contribution in [0.25, 0.3) is 17.0 Å². The van der Waals surface area contributed by atoms with E-state index in [-0.39, 0.29) is 30.0 Å². The highest BCUT2D eigenvalue weighted by Crippen LogP contribution is 2.31. The standard InChI is InChI=1S/C20H18Cl2N10O2.ClH/c21-11-3-4-13(14(22)8-11)18-27-19(20-28-24-10-31(20)29-18)30-7-1-2-12(9-30)25-16-6-5-15(32(33)34)17(23)26-16;/h3-6,8,10,12H,1-2,7,9H2,(H3,23,25,26);1H. The average Bonchev–Trinajstić information content (AvgIpc) is 3.27. The summed E-state index contributed by atoms with van der Waals surface area (Å²) < 4.78 is 1.57. The molecule has 4 heterocycles. The number of aromatic nitrogens is 6. The van der Waals surface area contributed by atoms with Crippen molar-refractivity contribution < 1.29 is 4.92 Å². The highest BCUT2D eigenvalue weighted by Gasteiger charge is 2.26. The summed E-state index contributed by atoms with van der Waals surface area (Å²) >= 11 is 12.4. The molecule has 3 aromatic heterocycles. The van der Waals surface area contributed by atoms with Crippen molar-refractivity contribution in [2.45, 2.75) is 18.9 Å². The molecule has 4 aromatic rings. The Balaban J connectivity index is 0.00000289. The summed E-state index contributed by atoms with van der Waals surface area (Å²) in [5.41, 5.74) is 6.67. The van der Waals surface area contributed by atoms with Crippen molar-refractivity contribution in [3.05, 3.63) is 56.8 Å². The van der Waals surface area contributed by atoms with Gasteiger partial charge in [0.1, 0.15) is 12.1 Å². The van der Waals surface area contributed by atoms with Crippen LogP contribution >= 0.6 is 35.6 Å². The fraction of sp³-hybridized carbons (Fsp3) is 0.250. The maximum absolute atomic E-state index is 11.0. The van der Waals surface area contributed by atoms with Crippen LogP contribution in [0.2, 0.25) is 10.0 Å². The number of nitro groups is 1. The molecule has 0 spiro atoms. The van der Waals surface area contributed by atoms with E-state index in [1.54, 1.807) is 28.8 Å². The molecule has 182 valence electrons. The predicted octanol–water partition coefficient (Wildman–Crippen LogP) is 3.88. The van der Waals surface area contributed by atoms with Crippen molar-refractivity contribution in [3.8, 4) is 11.4 Å². The zero-order valence-electron chi connectivity index (χ0n) is 18.0. The zero-order chi connectivity index (χ0) is 23.8. The average molecular weight is 538 g/mol. The minimum atomic E-state index is -0.558. The van der Waals surface area contributed by atoms with Crippen LogP contribution in [0.4, 0.5) is 23.1 Å². The second kappa shape index (κ2) is 10.0. The molecule has 3 N–H and O–H groups in total. The largest absolute Gasteiger partial charge is 0.378 e. The van der Waals surface area contributed by atoms with Crippen LogP contribution in [0, 0.1) is 10.1 Å². The third-order valence-corrected chi connectivity index (χ3v) is 6.04. The Morgan fingerprint density at radius 2 is 2.03 bits per heavy atom. The monoisotopic (exact) mass is 536 g/mol. The Morgan fingerprint density at radius 3 is 2.77 bits per heavy atom. The number of benzene rings is 1. The second-order valence-electron chi connectivity index (χ2n) is 7.77. The smallest absolute Gasteiger partial charge is 0.311 e. The van der Waals surface area contributed by atoms with Gasteiger partial charge in [-0.2, -0.15) is 4.52 Å². The maximum Gasteiger partial charge on any atom is 0.311 e. The van der Waals surface area contributed by atoms with E-state index in [4.69, 9.17) is 33.9 Å². The third kappa shape index (κ3) is 4.99. The lowest BCUT2D eigenvalue weighted by Crippen LogP contribution is -2.43. The number of hydrogen-bond acceptors (Lipinski definition) is 10. The van der Waals surface area contributed by atoms with Gasteiger partial charge < -0.3 is 16.0 Å². The number of nitrogen functional groups attached to an aromatic ring is 1. The summed E-state index contributed by atoms with van der Waals surface area (Å²) in [5.74, 6) is 1.38. The second-order valence-corrected chi connectivity index (χ2v) is 8.61. The first-order chi connectivity index (χ1) is 16.4. The van der Waals surface area contributed by atoms with Gasteiger partial charge in [-0.15, -0.1) is 27.7 Å². The molecule has 1 aromatic carbocycles. The fourth-order valence-corrected chi connectivity index (χ4v) is 4.41. The number of nitrogens with two attached hydrogens (primary N) is 1. The van der Waals surface area contributed by atoms with Gasteiger partial charge in [-0.25, -0.2) is 9.97 Å². The van der Waals surface area contributed by atoms with E-state index in [1.165, 1.54) is 12.4 Å². The van der Waals surface area contributed by atoms with Crippen molar-refractivity contribution in [2.24, 2.45) is 0 Å². The van der Waals surface area contributed by atoms with Crippen LogP contribution in [0.5, 0.6) is 0 Å². The number of anilines is 3. The molecular formula is C20H19Cl3N10O2. The van der Waals surface area contributed by atoms with Gasteiger partial charge in [0.05, 0.1) is 9.95 Å². The molecule has 1 aliphatic heterocycles. The van der Waals surface area contributed by atoms with Gasteiger partial charge in [-0.05, 0) is 37.1 Å². The summed E-state index contributed by atoms with van der Waals surface area (Å²) in [5, 5.41) is 27.9. The summed E-state index contributed by atoms with van der Waals surface area (Å²) in [6.07, 6.45) is 3.26. The number of nitrogens with one attached hydrogen (secondary N) is 1. The minimum absolute atomic E-state index is 0. The summed E-state index contributed by atoms with van der Waals surface area (Å²) in [4.78, 5) is 21.4. The third-order valence-electron chi connectivity index (χ3n) is 5.49. The van der Waals surface area contributed by atoms with Crippen molar-refractivity contribution in [1.29, 1.82) is 0 Å². The maximum atomic E-state index is 11.0. The van der Waals surface area contributed by atoms with Crippen LogP contribution < -0.4 is 16.0 Å². The highest BCUT2D eigenvalue weighted by atomic mass is 35.5. The van der Waals surface area contributed by atoms with E-state index in [0.29, 0.717) is 45.3 Å². The van der Waals surface area contributed by atoms with Crippen LogP contribution in [0.15, 0.2) is 36.7 Å². The Morgan fingerprint density at radius 1 is 1.20 bits per heavy atom. The van der Waals surface area contributed by atoms with Gasteiger partial charge in [-0.3, -0.25) is 10.1 Å². The molecule has 1 fully saturated rings. The minimum Gasteiger partial charge on any atom is -0.378 e. The molecule has 0 radical (unpaired) electrons. The molecule has 1 unspecified atom stereocenters. The lowest BCUT2D eigenvalue weighted by molar-refractivity contribution is -0.384. The van der Waals surface area contributed by atoms with E-state index >= 15 is 0 Å². The van der Waals surface area contributed by atoms with Crippen LogP contribution in [0.3, 0.4) is 0 Å². The summed E-state index contributed by atoms with van der Waals surface area (Å²) in [6, 6.07) is 8.04. The number of nitrogens with zero attached hydrogens (tertiary/aromatic N) is 8. The molecular weight excluding hydrogens is 519 g/mol. The molecule has 5 rings (SSSR count). The zero-order valence-corrected chi connectivity index (χ0v) is 20.3. The van der Waals surface area contributed by atoms with Crippen LogP contribution in [-0.2, 0) is 0 Å². The topological polar surface area (TPSA) is 153 Å². The molecule has 0 amide bonds. The lowest BCUT2D eigenvalue weighted by atomic mass is 10.1. The Hall–Kier alpha value is -3.48. The molecule has 0 bridgehead atoms. The molecule has 1 saturated heterocycles. The number of rotatable bonds is 5. The normalized spacial score (nSPS) is 15.6. The van der Waals surface area contributed by atoms with Crippen LogP contribution in [0.1, 0.15) is 12.8 Å². The van der Waals surface area contributed by atoms with Gasteiger partial charge >= 0.3 is 5.69 Å². The first-order valence-electron chi connectivity index (χ1n) is 10.3. The Labute approximate surface area is 215 Å². The Kier molecular flexibility index (Phi) is 7.05. The van der Waals surface area contributed by atoms with Crippen LogP contribution in [-0.4, -0.2) is 53.8 Å². The summed E-state index contributed by atoms with van der Waals surface area (Å²) in [6.45, 7) is 1.34. The number of halogens is 3. The van der Waals surface area contributed by atoms with E-state index in [9.17, 15) is 10.1 Å². The van der Waals surface area contributed by atoms with Gasteiger partial charge in [-0.1, -0.05) is 23.2 Å². The molecule has 0 saturated carbocycles. The first-order valence-corrected chi connectivity index (χ1v) is 11.1. The molecule has 12 nitrogen and oxygen atoms in total. The highest BCUT2D eigenvalue weighted by molar-refractivity contribution is 6.36. The quantitative estimate of drug-likeness (QED) is 0.283. The lowest BCUT2D eigenvalue weighted by Gasteiger charge is -2.34. The van der Waals surface area contributed by atoms with E-state index in [2.05, 4.69) is 30.5 Å². The molecule has 15 heteroatoms. The SMILES string of the molecule is Cl.Nc1nc(NC2CCCN(c3nc(-c4ccc(Cl)cc4Cl)nn4cnnc34)C2)ccc1[N+](=O)[O-]. The van der Waals surface area contributed by atoms with Gasteiger partial charge in [0.25, 0.3) is 0 Å². The first kappa shape index (κ1) is 24.6. The molecule has 35 heavy (non-hydrogen) atoms. The van der Waals surface area contributed by atoms with Gasteiger partial charge in [0, 0.05) is 35.8 Å². The predicted molar refractivity (Wildman–Crippen MR) is 135 cm³/mol. The Bertz CT molecular complexity index is 1400. The number of piperidine rings is 1. The number of pyridine rings is 1. The van der Waals surface area contributed by atoms with Crippen molar-refractivity contribution in [3.63, 3.8) is 0 Å². The molecule has 0 aliphatic carbocycles. The fourth-order valence-electron chi connectivity index (χ4n) is 3.92. The molecule has 1 aliphatic rings.